The molecule has 0 radical (unpaired) electrons. The highest BCUT2D eigenvalue weighted by molar-refractivity contribution is 5.54. The molecule has 2 atom stereocenters. The Kier molecular flexibility index (Phi) is 7.86. The Morgan fingerprint density at radius 3 is 2.33 bits per heavy atom. The van der Waals surface area contributed by atoms with E-state index < -0.39 is 0 Å². The summed E-state index contributed by atoms with van der Waals surface area (Å²) in [5, 5.41) is 7.71. The predicted molar refractivity (Wildman–Crippen MR) is 126 cm³/mol. The first-order chi connectivity index (χ1) is 14.8. The van der Waals surface area contributed by atoms with E-state index in [2.05, 4.69) is 29.4 Å². The standard InChI is InChI=1S/C25H43N5/c1-3-19(4-2)18-26-22-13-7-8-14-23(22)28-25-27-21-15-11-12-20(21)24(29-25)30-16-9-5-6-10-17-30/h19,22-23,26H,3-18H2,1-2H3,(H,27,28,29). The summed E-state index contributed by atoms with van der Waals surface area (Å²) in [6.45, 7) is 8.09. The predicted octanol–water partition coefficient (Wildman–Crippen LogP) is 5.09. The van der Waals surface area contributed by atoms with Gasteiger partial charge in [-0.3, -0.25) is 0 Å². The molecule has 4 rings (SSSR count). The summed E-state index contributed by atoms with van der Waals surface area (Å²) in [6.07, 6.45) is 16.5. The molecule has 2 aliphatic carbocycles. The van der Waals surface area contributed by atoms with Crippen molar-refractivity contribution in [1.29, 1.82) is 0 Å². The van der Waals surface area contributed by atoms with E-state index in [4.69, 9.17) is 9.97 Å². The first-order valence-electron chi connectivity index (χ1n) is 12.9. The van der Waals surface area contributed by atoms with E-state index in [1.807, 2.05) is 0 Å². The van der Waals surface area contributed by atoms with Gasteiger partial charge < -0.3 is 15.5 Å². The van der Waals surface area contributed by atoms with E-state index in [-0.39, 0.29) is 0 Å². The second-order valence-corrected chi connectivity index (χ2v) is 9.78. The Hall–Kier alpha value is -1.36. The maximum absolute atomic E-state index is 5.14. The fraction of sp³-hybridized carbons (Fsp3) is 0.840. The highest BCUT2D eigenvalue weighted by Crippen LogP contribution is 2.32. The first kappa shape index (κ1) is 21.9. The van der Waals surface area contributed by atoms with Gasteiger partial charge in [-0.1, -0.05) is 52.4 Å². The number of aryl methyl sites for hydroxylation is 1. The molecule has 168 valence electrons. The third-order valence-corrected chi connectivity index (χ3v) is 7.72. The molecule has 0 spiro atoms. The van der Waals surface area contributed by atoms with Gasteiger partial charge in [0.2, 0.25) is 5.95 Å². The molecule has 5 nitrogen and oxygen atoms in total. The SMILES string of the molecule is CCC(CC)CNC1CCCCC1Nc1nc2c(c(N3CCCCCC3)n1)CCC2. The lowest BCUT2D eigenvalue weighted by Crippen LogP contribution is -2.47. The molecule has 1 aromatic rings. The molecule has 0 amide bonds. The Balaban J connectivity index is 1.49. The number of fused-ring (bicyclic) bond motifs is 1. The second kappa shape index (κ2) is 10.8. The van der Waals surface area contributed by atoms with Crippen LogP contribution in [0.25, 0.3) is 0 Å². The van der Waals surface area contributed by atoms with E-state index in [0.717, 1.165) is 44.3 Å². The molecule has 2 heterocycles. The lowest BCUT2D eigenvalue weighted by Gasteiger charge is -2.34. The molecular formula is C25H43N5. The maximum Gasteiger partial charge on any atom is 0.225 e. The second-order valence-electron chi connectivity index (χ2n) is 9.78. The molecule has 0 bridgehead atoms. The average Bonchev–Trinajstić information content (AvgIpc) is 3.08. The molecule has 1 aliphatic heterocycles. The third-order valence-electron chi connectivity index (χ3n) is 7.72. The minimum atomic E-state index is 0.449. The van der Waals surface area contributed by atoms with Crippen LogP contribution in [-0.2, 0) is 12.8 Å². The monoisotopic (exact) mass is 413 g/mol. The van der Waals surface area contributed by atoms with Crippen molar-refractivity contribution in [1.82, 2.24) is 15.3 Å². The van der Waals surface area contributed by atoms with Crippen molar-refractivity contribution in [3.05, 3.63) is 11.3 Å². The molecule has 2 fully saturated rings. The highest BCUT2D eigenvalue weighted by atomic mass is 15.2. The summed E-state index contributed by atoms with van der Waals surface area (Å²) in [7, 11) is 0. The highest BCUT2D eigenvalue weighted by Gasteiger charge is 2.28. The summed E-state index contributed by atoms with van der Waals surface area (Å²) < 4.78 is 0. The Labute approximate surface area is 183 Å². The van der Waals surface area contributed by atoms with Gasteiger partial charge in [0, 0.05) is 30.7 Å². The van der Waals surface area contributed by atoms with Crippen LogP contribution in [0, 0.1) is 5.92 Å². The minimum absolute atomic E-state index is 0.449. The fourth-order valence-electron chi connectivity index (χ4n) is 5.63. The van der Waals surface area contributed by atoms with Crippen molar-refractivity contribution in [3.63, 3.8) is 0 Å². The van der Waals surface area contributed by atoms with Gasteiger partial charge in [0.25, 0.3) is 0 Å². The molecule has 3 aliphatic rings. The van der Waals surface area contributed by atoms with E-state index in [9.17, 15) is 0 Å². The number of nitrogens with one attached hydrogen (secondary N) is 2. The first-order valence-corrected chi connectivity index (χ1v) is 12.9. The topological polar surface area (TPSA) is 53.1 Å². The van der Waals surface area contributed by atoms with E-state index >= 15 is 0 Å². The molecular weight excluding hydrogens is 370 g/mol. The molecule has 30 heavy (non-hydrogen) atoms. The van der Waals surface area contributed by atoms with Gasteiger partial charge in [-0.2, -0.15) is 4.98 Å². The van der Waals surface area contributed by atoms with Crippen LogP contribution in [0.1, 0.15) is 95.7 Å². The molecule has 2 N–H and O–H groups in total. The summed E-state index contributed by atoms with van der Waals surface area (Å²) in [5.74, 6) is 2.92. The van der Waals surface area contributed by atoms with Gasteiger partial charge in [-0.15, -0.1) is 0 Å². The van der Waals surface area contributed by atoms with Gasteiger partial charge in [0.15, 0.2) is 0 Å². The summed E-state index contributed by atoms with van der Waals surface area (Å²) in [4.78, 5) is 12.7. The molecule has 1 saturated heterocycles. The molecule has 0 aromatic carbocycles. The molecule has 5 heteroatoms. The van der Waals surface area contributed by atoms with Crippen LogP contribution < -0.4 is 15.5 Å². The van der Waals surface area contributed by atoms with Crippen molar-refractivity contribution < 1.29 is 0 Å². The third kappa shape index (κ3) is 5.27. The quantitative estimate of drug-likeness (QED) is 0.621. The number of hydrogen-bond acceptors (Lipinski definition) is 5. The van der Waals surface area contributed by atoms with Crippen molar-refractivity contribution in [2.45, 2.75) is 109 Å². The maximum atomic E-state index is 5.14. The van der Waals surface area contributed by atoms with Gasteiger partial charge in [-0.05, 0) is 57.4 Å². The number of nitrogens with zero attached hydrogens (tertiary/aromatic N) is 3. The summed E-state index contributed by atoms with van der Waals surface area (Å²) in [5.41, 5.74) is 2.75. The Bertz CT molecular complexity index is 664. The van der Waals surface area contributed by atoms with Crippen molar-refractivity contribution in [3.8, 4) is 0 Å². The van der Waals surface area contributed by atoms with Gasteiger partial charge in [-0.25, -0.2) is 4.98 Å². The van der Waals surface area contributed by atoms with Crippen molar-refractivity contribution in [2.75, 3.05) is 29.9 Å². The van der Waals surface area contributed by atoms with Crippen LogP contribution in [0.5, 0.6) is 0 Å². The fourth-order valence-corrected chi connectivity index (χ4v) is 5.63. The zero-order valence-corrected chi connectivity index (χ0v) is 19.4. The Morgan fingerprint density at radius 1 is 0.867 bits per heavy atom. The van der Waals surface area contributed by atoms with Crippen LogP contribution in [-0.4, -0.2) is 41.7 Å². The lowest BCUT2D eigenvalue weighted by atomic mass is 9.89. The number of hydrogen-bond donors (Lipinski definition) is 2. The smallest absolute Gasteiger partial charge is 0.225 e. The van der Waals surface area contributed by atoms with E-state index in [1.165, 1.54) is 87.7 Å². The lowest BCUT2D eigenvalue weighted by molar-refractivity contribution is 0.316. The van der Waals surface area contributed by atoms with Crippen LogP contribution in [0.2, 0.25) is 0 Å². The van der Waals surface area contributed by atoms with Crippen molar-refractivity contribution >= 4 is 11.8 Å². The zero-order chi connectivity index (χ0) is 20.8. The number of aromatic nitrogens is 2. The van der Waals surface area contributed by atoms with Gasteiger partial charge in [0.05, 0.1) is 5.69 Å². The van der Waals surface area contributed by atoms with Crippen LogP contribution in [0.4, 0.5) is 11.8 Å². The average molecular weight is 414 g/mol. The largest absolute Gasteiger partial charge is 0.356 e. The van der Waals surface area contributed by atoms with Crippen LogP contribution >= 0.6 is 0 Å². The van der Waals surface area contributed by atoms with E-state index in [1.54, 1.807) is 0 Å². The van der Waals surface area contributed by atoms with Crippen LogP contribution in [0.3, 0.4) is 0 Å². The van der Waals surface area contributed by atoms with E-state index in [0.29, 0.717) is 12.1 Å². The molecule has 1 aromatic heterocycles. The Morgan fingerprint density at radius 2 is 1.60 bits per heavy atom. The van der Waals surface area contributed by atoms with Crippen LogP contribution in [0.15, 0.2) is 0 Å². The number of anilines is 2. The summed E-state index contributed by atoms with van der Waals surface area (Å²) in [6, 6.07) is 0.988. The van der Waals surface area contributed by atoms with Gasteiger partial charge in [0.1, 0.15) is 5.82 Å². The molecule has 2 unspecified atom stereocenters. The summed E-state index contributed by atoms with van der Waals surface area (Å²) >= 11 is 0. The number of rotatable bonds is 8. The molecule has 1 saturated carbocycles. The van der Waals surface area contributed by atoms with Crippen molar-refractivity contribution in [2.24, 2.45) is 5.92 Å². The minimum Gasteiger partial charge on any atom is -0.356 e. The van der Waals surface area contributed by atoms with Gasteiger partial charge >= 0.3 is 0 Å². The zero-order valence-electron chi connectivity index (χ0n) is 19.4. The normalized spacial score (nSPS) is 24.7.